The predicted octanol–water partition coefficient (Wildman–Crippen LogP) is 0.0396. The molecule has 0 spiro atoms. The summed E-state index contributed by atoms with van der Waals surface area (Å²) in [7, 11) is -3.71. The summed E-state index contributed by atoms with van der Waals surface area (Å²) in [6, 6.07) is 0. The Hall–Kier alpha value is -1.70. The molecule has 4 rings (SSSR count). The van der Waals surface area contributed by atoms with E-state index in [-0.39, 0.29) is 47.2 Å². The van der Waals surface area contributed by atoms with Crippen molar-refractivity contribution in [3.8, 4) is 0 Å². The van der Waals surface area contributed by atoms with Gasteiger partial charge in [0.15, 0.2) is 0 Å². The van der Waals surface area contributed by atoms with Gasteiger partial charge in [-0.05, 0) is 37.0 Å². The summed E-state index contributed by atoms with van der Waals surface area (Å²) < 4.78 is 25.9. The van der Waals surface area contributed by atoms with Gasteiger partial charge in [0, 0.05) is 0 Å². The van der Waals surface area contributed by atoms with Crippen LogP contribution in [0, 0.1) is 29.6 Å². The number of amides is 3. The fourth-order valence-electron chi connectivity index (χ4n) is 4.48. The maximum absolute atomic E-state index is 12.5. The third-order valence-electron chi connectivity index (χ3n) is 5.81. The monoisotopic (exact) mass is 352 g/mol. The first-order chi connectivity index (χ1) is 11.4. The van der Waals surface area contributed by atoms with E-state index in [1.807, 2.05) is 16.9 Å². The van der Waals surface area contributed by atoms with Crippen molar-refractivity contribution in [2.75, 3.05) is 12.3 Å². The Balaban J connectivity index is 1.39. The van der Waals surface area contributed by atoms with Gasteiger partial charge in [0.05, 0.1) is 17.6 Å². The Bertz CT molecular complexity index is 710. The molecular weight excluding hydrogens is 332 g/mol. The molecule has 3 fully saturated rings. The molecule has 0 radical (unpaired) electrons. The molecular formula is C16H20N2O5S. The lowest BCUT2D eigenvalue weighted by atomic mass is 9.85. The minimum absolute atomic E-state index is 0.0695. The van der Waals surface area contributed by atoms with Crippen molar-refractivity contribution in [2.24, 2.45) is 29.6 Å². The summed E-state index contributed by atoms with van der Waals surface area (Å²) in [6.07, 6.45) is 7.51. The molecule has 4 unspecified atom stereocenters. The molecule has 0 aromatic rings. The van der Waals surface area contributed by atoms with Crippen LogP contribution >= 0.6 is 0 Å². The van der Waals surface area contributed by atoms with Gasteiger partial charge >= 0.3 is 0 Å². The van der Waals surface area contributed by atoms with Gasteiger partial charge in [-0.2, -0.15) is 0 Å². The number of nitrogens with zero attached hydrogens (tertiary/aromatic N) is 1. The van der Waals surface area contributed by atoms with E-state index in [1.54, 1.807) is 0 Å². The first kappa shape index (κ1) is 15.8. The standard InChI is InChI=1S/C16H20N2O5S/c19-12(17-24(22,23)8-9-2-1-3-9)7-18-15(20)13-10-4-5-11(6-10)14(13)16(18)21/h4-5,9-11,13-14H,1-3,6-8H2,(H,17,19). The number of imide groups is 1. The van der Waals surface area contributed by atoms with Crippen LogP contribution < -0.4 is 4.72 Å². The van der Waals surface area contributed by atoms with Crippen molar-refractivity contribution in [3.05, 3.63) is 12.2 Å². The highest BCUT2D eigenvalue weighted by molar-refractivity contribution is 7.90. The van der Waals surface area contributed by atoms with Gasteiger partial charge in [-0.15, -0.1) is 0 Å². The molecule has 1 saturated heterocycles. The average Bonchev–Trinajstić information content (AvgIpc) is 3.12. The fraction of sp³-hybridized carbons (Fsp3) is 0.688. The van der Waals surface area contributed by atoms with Crippen LogP contribution in [-0.4, -0.2) is 43.3 Å². The summed E-state index contributed by atoms with van der Waals surface area (Å²) in [5.41, 5.74) is 0. The molecule has 2 bridgehead atoms. The van der Waals surface area contributed by atoms with Crippen molar-refractivity contribution in [1.82, 2.24) is 9.62 Å². The van der Waals surface area contributed by atoms with Crippen LogP contribution in [-0.2, 0) is 24.4 Å². The molecule has 4 atom stereocenters. The highest BCUT2D eigenvalue weighted by Crippen LogP contribution is 2.52. The van der Waals surface area contributed by atoms with Gasteiger partial charge in [-0.3, -0.25) is 24.0 Å². The van der Waals surface area contributed by atoms with Crippen LogP contribution in [0.25, 0.3) is 0 Å². The normalized spacial score (nSPS) is 34.6. The van der Waals surface area contributed by atoms with Crippen molar-refractivity contribution < 1.29 is 22.8 Å². The zero-order valence-corrected chi connectivity index (χ0v) is 14.0. The quantitative estimate of drug-likeness (QED) is 0.556. The van der Waals surface area contributed by atoms with Crippen molar-refractivity contribution in [1.29, 1.82) is 0 Å². The molecule has 2 saturated carbocycles. The summed E-state index contributed by atoms with van der Waals surface area (Å²) in [5.74, 6) is -2.04. The summed E-state index contributed by atoms with van der Waals surface area (Å²) >= 11 is 0. The second kappa shape index (κ2) is 5.40. The minimum Gasteiger partial charge on any atom is -0.274 e. The first-order valence-electron chi connectivity index (χ1n) is 8.42. The maximum Gasteiger partial charge on any atom is 0.253 e. The maximum atomic E-state index is 12.5. The van der Waals surface area contributed by atoms with Gasteiger partial charge in [-0.25, -0.2) is 8.42 Å². The van der Waals surface area contributed by atoms with E-state index in [9.17, 15) is 22.8 Å². The molecule has 3 aliphatic carbocycles. The highest BCUT2D eigenvalue weighted by Gasteiger charge is 2.59. The van der Waals surface area contributed by atoms with Gasteiger partial charge in [-0.1, -0.05) is 18.6 Å². The molecule has 1 N–H and O–H groups in total. The summed E-state index contributed by atoms with van der Waals surface area (Å²) in [5, 5.41) is 0. The number of hydrogen-bond acceptors (Lipinski definition) is 5. The van der Waals surface area contributed by atoms with Crippen molar-refractivity contribution in [3.63, 3.8) is 0 Å². The molecule has 1 aliphatic heterocycles. The van der Waals surface area contributed by atoms with Crippen molar-refractivity contribution in [2.45, 2.75) is 25.7 Å². The van der Waals surface area contributed by atoms with Gasteiger partial charge < -0.3 is 0 Å². The van der Waals surface area contributed by atoms with Crippen LogP contribution in [0.1, 0.15) is 25.7 Å². The number of fused-ring (bicyclic) bond motifs is 5. The van der Waals surface area contributed by atoms with E-state index in [1.165, 1.54) is 0 Å². The fourth-order valence-corrected chi connectivity index (χ4v) is 5.93. The van der Waals surface area contributed by atoms with E-state index in [0.717, 1.165) is 30.6 Å². The number of hydrogen-bond donors (Lipinski definition) is 1. The SMILES string of the molecule is O=C(CN1C(=O)C2C3C=CC(C3)C2C1=O)NS(=O)(=O)CC1CCC1. The largest absolute Gasteiger partial charge is 0.274 e. The van der Waals surface area contributed by atoms with Crippen LogP contribution in [0.2, 0.25) is 0 Å². The molecule has 0 aromatic carbocycles. The zero-order chi connectivity index (χ0) is 17.1. The molecule has 130 valence electrons. The Morgan fingerprint density at radius 3 is 2.21 bits per heavy atom. The minimum atomic E-state index is -3.71. The first-order valence-corrected chi connectivity index (χ1v) is 10.1. The van der Waals surface area contributed by atoms with Gasteiger partial charge in [0.2, 0.25) is 21.8 Å². The number of carbonyl (C=O) groups is 3. The third kappa shape index (κ3) is 2.47. The second-order valence-electron chi connectivity index (χ2n) is 7.37. The molecule has 8 heteroatoms. The number of carbonyl (C=O) groups excluding carboxylic acids is 3. The van der Waals surface area contributed by atoms with E-state index in [0.29, 0.717) is 0 Å². The lowest BCUT2D eigenvalue weighted by Crippen LogP contribution is -2.45. The zero-order valence-electron chi connectivity index (χ0n) is 13.2. The highest BCUT2D eigenvalue weighted by atomic mass is 32.2. The van der Waals surface area contributed by atoms with E-state index in [4.69, 9.17) is 0 Å². The Labute approximate surface area is 140 Å². The summed E-state index contributed by atoms with van der Waals surface area (Å²) in [6.45, 7) is -0.506. The average molecular weight is 352 g/mol. The molecule has 4 aliphatic rings. The van der Waals surface area contributed by atoms with E-state index in [2.05, 4.69) is 0 Å². The molecule has 24 heavy (non-hydrogen) atoms. The number of sulfonamides is 1. The van der Waals surface area contributed by atoms with Crippen LogP contribution in [0.3, 0.4) is 0 Å². The smallest absolute Gasteiger partial charge is 0.253 e. The van der Waals surface area contributed by atoms with Crippen LogP contribution in [0.15, 0.2) is 12.2 Å². The molecule has 3 amide bonds. The lowest BCUT2D eigenvalue weighted by molar-refractivity contribution is -0.144. The predicted molar refractivity (Wildman–Crippen MR) is 83.7 cm³/mol. The van der Waals surface area contributed by atoms with Gasteiger partial charge in [0.1, 0.15) is 6.54 Å². The number of allylic oxidation sites excluding steroid dienone is 2. The van der Waals surface area contributed by atoms with Crippen LogP contribution in [0.5, 0.6) is 0 Å². The van der Waals surface area contributed by atoms with Gasteiger partial charge in [0.25, 0.3) is 5.91 Å². The Kier molecular flexibility index (Phi) is 3.56. The lowest BCUT2D eigenvalue weighted by Gasteiger charge is -2.25. The molecule has 7 nitrogen and oxygen atoms in total. The Morgan fingerprint density at radius 2 is 1.71 bits per heavy atom. The summed E-state index contributed by atoms with van der Waals surface area (Å²) in [4.78, 5) is 37.9. The molecule has 0 aromatic heterocycles. The number of rotatable bonds is 5. The van der Waals surface area contributed by atoms with Crippen molar-refractivity contribution >= 4 is 27.7 Å². The third-order valence-corrected chi connectivity index (χ3v) is 7.26. The Morgan fingerprint density at radius 1 is 1.12 bits per heavy atom. The second-order valence-corrected chi connectivity index (χ2v) is 9.13. The van der Waals surface area contributed by atoms with E-state index < -0.39 is 22.5 Å². The topological polar surface area (TPSA) is 101 Å². The number of nitrogens with one attached hydrogen (secondary N) is 1. The number of likely N-dealkylation sites (tertiary alicyclic amines) is 1. The van der Waals surface area contributed by atoms with E-state index >= 15 is 0 Å². The molecule has 1 heterocycles. The van der Waals surface area contributed by atoms with Crippen LogP contribution in [0.4, 0.5) is 0 Å².